The minimum absolute atomic E-state index is 0.553. The van der Waals surface area contributed by atoms with Crippen molar-refractivity contribution in [1.82, 2.24) is 10.6 Å². The van der Waals surface area contributed by atoms with Crippen molar-refractivity contribution in [2.24, 2.45) is 10.9 Å². The van der Waals surface area contributed by atoms with Crippen LogP contribution in [-0.2, 0) is 11.2 Å². The predicted molar refractivity (Wildman–Crippen MR) is 82.1 cm³/mol. The van der Waals surface area contributed by atoms with Crippen molar-refractivity contribution in [1.29, 1.82) is 0 Å². The average molecular weight is 281 g/mol. The molecule has 5 heteroatoms. The van der Waals surface area contributed by atoms with Crippen molar-refractivity contribution in [3.05, 3.63) is 24.2 Å². The fraction of sp³-hybridized carbons (Fsp3) is 0.667. The van der Waals surface area contributed by atoms with Crippen LogP contribution in [0.1, 0.15) is 26.0 Å². The third-order valence-electron chi connectivity index (χ3n) is 2.68. The third-order valence-corrected chi connectivity index (χ3v) is 2.68. The van der Waals surface area contributed by atoms with Crippen molar-refractivity contribution in [3.8, 4) is 0 Å². The van der Waals surface area contributed by atoms with E-state index in [0.29, 0.717) is 5.92 Å². The van der Waals surface area contributed by atoms with Gasteiger partial charge in [-0.15, -0.1) is 0 Å². The fourth-order valence-electron chi connectivity index (χ4n) is 1.63. The molecule has 114 valence electrons. The fourth-order valence-corrected chi connectivity index (χ4v) is 1.63. The average Bonchev–Trinajstić information content (AvgIpc) is 2.93. The lowest BCUT2D eigenvalue weighted by Gasteiger charge is -2.12. The second-order valence-corrected chi connectivity index (χ2v) is 5.11. The number of aliphatic imine (C=N–C) groups is 1. The number of methoxy groups -OCH3 is 1. The monoisotopic (exact) mass is 281 g/mol. The summed E-state index contributed by atoms with van der Waals surface area (Å²) in [5.41, 5.74) is 0. The topological polar surface area (TPSA) is 58.8 Å². The molecule has 0 amide bonds. The summed E-state index contributed by atoms with van der Waals surface area (Å²) in [6.07, 6.45) is 3.52. The highest BCUT2D eigenvalue weighted by Crippen LogP contribution is 1.99. The zero-order valence-corrected chi connectivity index (χ0v) is 12.8. The molecule has 0 aliphatic rings. The third kappa shape index (κ3) is 7.84. The second kappa shape index (κ2) is 10.3. The molecule has 0 fully saturated rings. The van der Waals surface area contributed by atoms with Crippen LogP contribution in [0.25, 0.3) is 0 Å². The van der Waals surface area contributed by atoms with E-state index in [9.17, 15) is 0 Å². The molecule has 0 aliphatic carbocycles. The van der Waals surface area contributed by atoms with Crippen molar-refractivity contribution in [2.75, 3.05) is 33.4 Å². The Balaban J connectivity index is 2.30. The molecule has 1 rings (SSSR count). The van der Waals surface area contributed by atoms with Gasteiger partial charge in [0, 0.05) is 39.8 Å². The van der Waals surface area contributed by atoms with E-state index in [2.05, 4.69) is 29.5 Å². The Labute approximate surface area is 121 Å². The maximum absolute atomic E-state index is 5.31. The SMILES string of the molecule is COCCCNC(=NCC(C)C)NCCc1ccco1. The number of guanidine groups is 1. The Bertz CT molecular complexity index is 361. The molecular weight excluding hydrogens is 254 g/mol. The summed E-state index contributed by atoms with van der Waals surface area (Å²) < 4.78 is 10.3. The molecule has 0 bridgehead atoms. The quantitative estimate of drug-likeness (QED) is 0.413. The van der Waals surface area contributed by atoms with Gasteiger partial charge in [-0.3, -0.25) is 4.99 Å². The molecule has 0 radical (unpaired) electrons. The maximum Gasteiger partial charge on any atom is 0.191 e. The summed E-state index contributed by atoms with van der Waals surface area (Å²) in [5, 5.41) is 6.65. The molecule has 0 spiro atoms. The van der Waals surface area contributed by atoms with Gasteiger partial charge in [-0.1, -0.05) is 13.8 Å². The van der Waals surface area contributed by atoms with Crippen LogP contribution in [0.4, 0.5) is 0 Å². The van der Waals surface area contributed by atoms with Gasteiger partial charge in [0.25, 0.3) is 0 Å². The summed E-state index contributed by atoms with van der Waals surface area (Å²) in [5.74, 6) is 2.40. The van der Waals surface area contributed by atoms with Gasteiger partial charge in [-0.05, 0) is 24.5 Å². The Morgan fingerprint density at radius 3 is 2.80 bits per heavy atom. The number of furan rings is 1. The normalized spacial score (nSPS) is 11.9. The number of nitrogens with one attached hydrogen (secondary N) is 2. The van der Waals surface area contributed by atoms with Gasteiger partial charge >= 0.3 is 0 Å². The largest absolute Gasteiger partial charge is 0.469 e. The zero-order chi connectivity index (χ0) is 14.6. The van der Waals surface area contributed by atoms with Crippen LogP contribution in [0.3, 0.4) is 0 Å². The number of nitrogens with zero attached hydrogens (tertiary/aromatic N) is 1. The second-order valence-electron chi connectivity index (χ2n) is 5.11. The van der Waals surface area contributed by atoms with Gasteiger partial charge in [0.05, 0.1) is 6.26 Å². The Morgan fingerprint density at radius 1 is 1.35 bits per heavy atom. The zero-order valence-electron chi connectivity index (χ0n) is 12.8. The van der Waals surface area contributed by atoms with Crippen LogP contribution in [0.5, 0.6) is 0 Å². The molecule has 0 aliphatic heterocycles. The Kier molecular flexibility index (Phi) is 8.54. The molecule has 20 heavy (non-hydrogen) atoms. The van der Waals surface area contributed by atoms with Crippen LogP contribution in [-0.4, -0.2) is 39.3 Å². The van der Waals surface area contributed by atoms with E-state index >= 15 is 0 Å². The molecular formula is C15H27N3O2. The Hall–Kier alpha value is -1.49. The molecule has 0 saturated carbocycles. The first-order valence-corrected chi connectivity index (χ1v) is 7.26. The smallest absolute Gasteiger partial charge is 0.191 e. The lowest BCUT2D eigenvalue weighted by atomic mass is 10.2. The summed E-state index contributed by atoms with van der Waals surface area (Å²) in [4.78, 5) is 4.56. The highest BCUT2D eigenvalue weighted by atomic mass is 16.5. The number of hydrogen-bond donors (Lipinski definition) is 2. The summed E-state index contributed by atoms with van der Waals surface area (Å²) in [6.45, 7) is 7.57. The first-order valence-electron chi connectivity index (χ1n) is 7.26. The van der Waals surface area contributed by atoms with Crippen molar-refractivity contribution in [3.63, 3.8) is 0 Å². The van der Waals surface area contributed by atoms with E-state index in [1.807, 2.05) is 12.1 Å². The van der Waals surface area contributed by atoms with Crippen LogP contribution < -0.4 is 10.6 Å². The van der Waals surface area contributed by atoms with E-state index in [1.165, 1.54) is 0 Å². The molecule has 0 atom stereocenters. The molecule has 0 aromatic carbocycles. The molecule has 0 saturated heterocycles. The molecule has 1 aromatic rings. The van der Waals surface area contributed by atoms with Crippen molar-refractivity contribution in [2.45, 2.75) is 26.7 Å². The first-order chi connectivity index (χ1) is 9.72. The highest BCUT2D eigenvalue weighted by molar-refractivity contribution is 5.79. The molecule has 5 nitrogen and oxygen atoms in total. The lowest BCUT2D eigenvalue weighted by molar-refractivity contribution is 0.195. The first kappa shape index (κ1) is 16.6. The Morgan fingerprint density at radius 2 is 2.15 bits per heavy atom. The number of ether oxygens (including phenoxy) is 1. The highest BCUT2D eigenvalue weighted by Gasteiger charge is 2.01. The van der Waals surface area contributed by atoms with Crippen molar-refractivity contribution < 1.29 is 9.15 Å². The van der Waals surface area contributed by atoms with Crippen molar-refractivity contribution >= 4 is 5.96 Å². The van der Waals surface area contributed by atoms with E-state index in [1.54, 1.807) is 13.4 Å². The van der Waals surface area contributed by atoms with E-state index in [-0.39, 0.29) is 0 Å². The lowest BCUT2D eigenvalue weighted by Crippen LogP contribution is -2.39. The summed E-state index contributed by atoms with van der Waals surface area (Å²) in [6, 6.07) is 3.89. The maximum atomic E-state index is 5.31. The molecule has 0 unspecified atom stereocenters. The van der Waals surface area contributed by atoms with Gasteiger partial charge in [-0.25, -0.2) is 0 Å². The van der Waals surface area contributed by atoms with E-state index in [4.69, 9.17) is 9.15 Å². The number of rotatable bonds is 9. The molecule has 1 aromatic heterocycles. The van der Waals surface area contributed by atoms with E-state index in [0.717, 1.165) is 50.8 Å². The summed E-state index contributed by atoms with van der Waals surface area (Å²) in [7, 11) is 1.72. The van der Waals surface area contributed by atoms with Gasteiger partial charge in [-0.2, -0.15) is 0 Å². The van der Waals surface area contributed by atoms with Crippen LogP contribution in [0, 0.1) is 5.92 Å². The molecule has 2 N–H and O–H groups in total. The molecule has 1 heterocycles. The predicted octanol–water partition coefficient (Wildman–Crippen LogP) is 2.05. The van der Waals surface area contributed by atoms with Crippen LogP contribution in [0.2, 0.25) is 0 Å². The number of hydrogen-bond acceptors (Lipinski definition) is 3. The van der Waals surface area contributed by atoms with Gasteiger partial charge in [0.1, 0.15) is 5.76 Å². The minimum Gasteiger partial charge on any atom is -0.469 e. The van der Waals surface area contributed by atoms with Gasteiger partial charge in [0.15, 0.2) is 5.96 Å². The summed E-state index contributed by atoms with van der Waals surface area (Å²) >= 11 is 0. The van der Waals surface area contributed by atoms with Crippen LogP contribution >= 0.6 is 0 Å². The van der Waals surface area contributed by atoms with E-state index < -0.39 is 0 Å². The van der Waals surface area contributed by atoms with Gasteiger partial charge < -0.3 is 19.8 Å². The standard InChI is InChI=1S/C15H27N3O2/c1-13(2)12-18-15(16-8-5-10-19-3)17-9-7-14-6-4-11-20-14/h4,6,11,13H,5,7-10,12H2,1-3H3,(H2,16,17,18). The minimum atomic E-state index is 0.553. The van der Waals surface area contributed by atoms with Crippen LogP contribution in [0.15, 0.2) is 27.8 Å². The van der Waals surface area contributed by atoms with Gasteiger partial charge in [0.2, 0.25) is 0 Å².